The number of carbonyl (C=O) groups excluding carboxylic acids is 3. The van der Waals surface area contributed by atoms with E-state index in [-0.39, 0.29) is 30.5 Å². The maximum atomic E-state index is 12.5. The number of anilines is 1. The zero-order valence-corrected chi connectivity index (χ0v) is 16.8. The van der Waals surface area contributed by atoms with Crippen LogP contribution >= 0.6 is 0 Å². The Bertz CT molecular complexity index is 669. The molecule has 1 aliphatic rings. The van der Waals surface area contributed by atoms with Crippen molar-refractivity contribution in [3.05, 3.63) is 24.3 Å². The van der Waals surface area contributed by atoms with E-state index < -0.39 is 0 Å². The second kappa shape index (κ2) is 10.5. The Balaban J connectivity index is 1.87. The number of hydrogen-bond donors (Lipinski definition) is 1. The van der Waals surface area contributed by atoms with Gasteiger partial charge in [-0.05, 0) is 51.0 Å². The van der Waals surface area contributed by atoms with Gasteiger partial charge in [0, 0.05) is 31.7 Å². The minimum atomic E-state index is -0.314. The first-order chi connectivity index (χ1) is 13.4. The monoisotopic (exact) mass is 391 g/mol. The number of piperidine rings is 1. The molecule has 1 fully saturated rings. The quantitative estimate of drug-likeness (QED) is 0.770. The number of nitrogens with zero attached hydrogens (tertiary/aromatic N) is 2. The topological polar surface area (TPSA) is 88.2 Å². The van der Waals surface area contributed by atoms with Crippen LogP contribution in [0.15, 0.2) is 24.3 Å². The molecule has 0 aliphatic carbocycles. The summed E-state index contributed by atoms with van der Waals surface area (Å²) in [5.74, 6) is 0.280. The van der Waals surface area contributed by atoms with Crippen LogP contribution in [0.5, 0.6) is 5.75 Å². The third-order valence-corrected chi connectivity index (χ3v) is 4.53. The Labute approximate surface area is 165 Å². The molecule has 1 aliphatic heterocycles. The second-order valence-corrected chi connectivity index (χ2v) is 6.56. The maximum Gasteiger partial charge on any atom is 0.409 e. The lowest BCUT2D eigenvalue weighted by Crippen LogP contribution is -2.49. The summed E-state index contributed by atoms with van der Waals surface area (Å²) < 4.78 is 10.4. The molecule has 1 saturated heterocycles. The van der Waals surface area contributed by atoms with Gasteiger partial charge in [-0.15, -0.1) is 0 Å². The summed E-state index contributed by atoms with van der Waals surface area (Å²) >= 11 is 0. The van der Waals surface area contributed by atoms with Crippen LogP contribution in [0.1, 0.15) is 33.6 Å². The van der Waals surface area contributed by atoms with Gasteiger partial charge < -0.3 is 24.6 Å². The number of likely N-dealkylation sites (tertiary alicyclic amines) is 1. The number of ether oxygens (including phenoxy) is 2. The van der Waals surface area contributed by atoms with E-state index in [1.807, 2.05) is 6.92 Å². The van der Waals surface area contributed by atoms with Crippen LogP contribution in [0.3, 0.4) is 0 Å². The zero-order valence-electron chi connectivity index (χ0n) is 16.8. The molecule has 1 heterocycles. The molecule has 0 unspecified atom stereocenters. The summed E-state index contributed by atoms with van der Waals surface area (Å²) in [5, 5.41) is 2.96. The van der Waals surface area contributed by atoms with E-state index in [4.69, 9.17) is 9.47 Å². The van der Waals surface area contributed by atoms with Gasteiger partial charge in [0.25, 0.3) is 0 Å². The third kappa shape index (κ3) is 6.14. The van der Waals surface area contributed by atoms with Crippen molar-refractivity contribution in [1.82, 2.24) is 10.2 Å². The van der Waals surface area contributed by atoms with Gasteiger partial charge in [-0.3, -0.25) is 9.59 Å². The van der Waals surface area contributed by atoms with Crippen molar-refractivity contribution in [3.63, 3.8) is 0 Å². The van der Waals surface area contributed by atoms with Crippen molar-refractivity contribution in [3.8, 4) is 5.75 Å². The van der Waals surface area contributed by atoms with Gasteiger partial charge in [0.05, 0.1) is 13.2 Å². The summed E-state index contributed by atoms with van der Waals surface area (Å²) in [7, 11) is 0. The highest BCUT2D eigenvalue weighted by Crippen LogP contribution is 2.20. The minimum Gasteiger partial charge on any atom is -0.494 e. The number of benzene rings is 1. The van der Waals surface area contributed by atoms with Gasteiger partial charge in [0.15, 0.2) is 0 Å². The number of nitrogens with one attached hydrogen (secondary N) is 1. The smallest absolute Gasteiger partial charge is 0.409 e. The molecule has 1 aromatic carbocycles. The average molecular weight is 391 g/mol. The van der Waals surface area contributed by atoms with Gasteiger partial charge in [-0.2, -0.15) is 0 Å². The predicted octanol–water partition coefficient (Wildman–Crippen LogP) is 2.18. The molecule has 8 heteroatoms. The van der Waals surface area contributed by atoms with Gasteiger partial charge >= 0.3 is 6.09 Å². The van der Waals surface area contributed by atoms with E-state index in [0.717, 1.165) is 0 Å². The summed E-state index contributed by atoms with van der Waals surface area (Å²) in [6.07, 6.45) is 1.01. The largest absolute Gasteiger partial charge is 0.494 e. The fourth-order valence-corrected chi connectivity index (χ4v) is 3.11. The van der Waals surface area contributed by atoms with Gasteiger partial charge in [-0.25, -0.2) is 4.79 Å². The molecule has 0 aromatic heterocycles. The molecular weight excluding hydrogens is 362 g/mol. The van der Waals surface area contributed by atoms with Crippen molar-refractivity contribution in [1.29, 1.82) is 0 Å². The third-order valence-electron chi connectivity index (χ3n) is 4.53. The fourth-order valence-electron chi connectivity index (χ4n) is 3.11. The first-order valence-electron chi connectivity index (χ1n) is 9.66. The summed E-state index contributed by atoms with van der Waals surface area (Å²) in [6.45, 7) is 7.05. The number of amides is 3. The van der Waals surface area contributed by atoms with Crippen LogP contribution in [0, 0.1) is 0 Å². The van der Waals surface area contributed by atoms with Gasteiger partial charge in [0.1, 0.15) is 12.3 Å². The summed E-state index contributed by atoms with van der Waals surface area (Å²) in [6, 6.07) is 7.05. The minimum absolute atomic E-state index is 0.0210. The van der Waals surface area contributed by atoms with Crippen molar-refractivity contribution < 1.29 is 23.9 Å². The Morgan fingerprint density at radius 1 is 1.11 bits per heavy atom. The molecule has 0 saturated carbocycles. The maximum absolute atomic E-state index is 12.5. The van der Waals surface area contributed by atoms with Crippen LogP contribution in [0.4, 0.5) is 10.5 Å². The van der Waals surface area contributed by atoms with Crippen molar-refractivity contribution >= 4 is 23.6 Å². The van der Waals surface area contributed by atoms with E-state index in [0.29, 0.717) is 50.6 Å². The van der Waals surface area contributed by atoms with E-state index in [1.165, 1.54) is 11.8 Å². The lowest BCUT2D eigenvalue weighted by molar-refractivity contribution is -0.123. The summed E-state index contributed by atoms with van der Waals surface area (Å²) in [4.78, 5) is 39.3. The SMILES string of the molecule is CCOC(=O)N1CCC(NC(=O)CN(C(C)=O)c2ccc(OCC)cc2)CC1. The molecule has 1 aromatic rings. The number of rotatable bonds is 7. The molecular formula is C20H29N3O5. The van der Waals surface area contributed by atoms with Gasteiger partial charge in [-0.1, -0.05) is 0 Å². The molecule has 8 nitrogen and oxygen atoms in total. The molecule has 28 heavy (non-hydrogen) atoms. The van der Waals surface area contributed by atoms with Gasteiger partial charge in [0.2, 0.25) is 11.8 Å². The van der Waals surface area contributed by atoms with Crippen LogP contribution in [0.25, 0.3) is 0 Å². The van der Waals surface area contributed by atoms with Crippen LogP contribution < -0.4 is 15.0 Å². The number of carbonyl (C=O) groups is 3. The molecule has 0 radical (unpaired) electrons. The lowest BCUT2D eigenvalue weighted by Gasteiger charge is -2.32. The Morgan fingerprint density at radius 2 is 1.75 bits per heavy atom. The molecule has 0 bridgehead atoms. The Hall–Kier alpha value is -2.77. The standard InChI is InChI=1S/C20H29N3O5/c1-4-27-18-8-6-17(7-9-18)23(15(3)24)14-19(25)21-16-10-12-22(13-11-16)20(26)28-5-2/h6-9,16H,4-5,10-14H2,1-3H3,(H,21,25). The average Bonchev–Trinajstić information content (AvgIpc) is 2.68. The zero-order chi connectivity index (χ0) is 20.5. The molecule has 1 N–H and O–H groups in total. The van der Waals surface area contributed by atoms with Crippen molar-refractivity contribution in [2.75, 3.05) is 37.7 Å². The van der Waals surface area contributed by atoms with Crippen LogP contribution in [0.2, 0.25) is 0 Å². The molecule has 0 atom stereocenters. The molecule has 3 amide bonds. The first kappa shape index (κ1) is 21.5. The highest BCUT2D eigenvalue weighted by Gasteiger charge is 2.25. The predicted molar refractivity (Wildman–Crippen MR) is 105 cm³/mol. The van der Waals surface area contributed by atoms with Crippen molar-refractivity contribution in [2.24, 2.45) is 0 Å². The Morgan fingerprint density at radius 3 is 2.29 bits per heavy atom. The Kier molecular flexibility index (Phi) is 8.10. The first-order valence-corrected chi connectivity index (χ1v) is 9.66. The highest BCUT2D eigenvalue weighted by molar-refractivity contribution is 5.97. The van der Waals surface area contributed by atoms with E-state index in [9.17, 15) is 14.4 Å². The van der Waals surface area contributed by atoms with E-state index in [2.05, 4.69) is 5.32 Å². The molecule has 154 valence electrons. The highest BCUT2D eigenvalue weighted by atomic mass is 16.6. The fraction of sp³-hybridized carbons (Fsp3) is 0.550. The van der Waals surface area contributed by atoms with E-state index >= 15 is 0 Å². The summed E-state index contributed by atoms with van der Waals surface area (Å²) in [5.41, 5.74) is 0.642. The second-order valence-electron chi connectivity index (χ2n) is 6.56. The molecule has 2 rings (SSSR count). The number of hydrogen-bond acceptors (Lipinski definition) is 5. The van der Waals surface area contributed by atoms with Crippen LogP contribution in [-0.4, -0.2) is 61.7 Å². The van der Waals surface area contributed by atoms with E-state index in [1.54, 1.807) is 36.1 Å². The lowest BCUT2D eigenvalue weighted by atomic mass is 10.1. The van der Waals surface area contributed by atoms with Crippen molar-refractivity contribution in [2.45, 2.75) is 39.7 Å². The van der Waals surface area contributed by atoms with Crippen LogP contribution in [-0.2, 0) is 14.3 Å². The molecule has 0 spiro atoms. The normalized spacial score (nSPS) is 14.3.